The van der Waals surface area contributed by atoms with Gasteiger partial charge in [0.05, 0.1) is 18.0 Å². The molecule has 0 spiro atoms. The highest BCUT2D eigenvalue weighted by Gasteiger charge is 1.93. The van der Waals surface area contributed by atoms with Crippen LogP contribution < -0.4 is 0 Å². The molecule has 0 saturated carbocycles. The summed E-state index contributed by atoms with van der Waals surface area (Å²) in [4.78, 5) is 0. The normalized spacial score (nSPS) is 12.9. The van der Waals surface area contributed by atoms with Gasteiger partial charge in [-0.2, -0.15) is 12.6 Å². The van der Waals surface area contributed by atoms with Gasteiger partial charge >= 0.3 is 0 Å². The van der Waals surface area contributed by atoms with Gasteiger partial charge < -0.3 is 8.74 Å². The molecule has 0 aliphatic rings. The lowest BCUT2D eigenvalue weighted by Gasteiger charge is -2.05. The van der Waals surface area contributed by atoms with Gasteiger partial charge in [-0.25, -0.2) is 4.21 Å². The summed E-state index contributed by atoms with van der Waals surface area (Å²) in [5.41, 5.74) is 0. The second-order valence-electron chi connectivity index (χ2n) is 3.93. The van der Waals surface area contributed by atoms with Crippen molar-refractivity contribution in [1.29, 1.82) is 0 Å². The molecule has 98 valence electrons. The number of hydrogen-bond donors (Lipinski definition) is 1. The van der Waals surface area contributed by atoms with Crippen molar-refractivity contribution in [3.05, 3.63) is 0 Å². The van der Waals surface area contributed by atoms with Crippen LogP contribution >= 0.6 is 12.6 Å². The first-order valence-electron chi connectivity index (χ1n) is 6.10. The highest BCUT2D eigenvalue weighted by atomic mass is 32.2. The van der Waals surface area contributed by atoms with Crippen molar-refractivity contribution in [3.63, 3.8) is 0 Å². The molecule has 0 aromatic heterocycles. The summed E-state index contributed by atoms with van der Waals surface area (Å²) < 4.78 is 24.5. The Labute approximate surface area is 107 Å². The second kappa shape index (κ2) is 13.5. The molecule has 0 N–H and O–H groups in total. The summed E-state index contributed by atoms with van der Waals surface area (Å²) in [6.45, 7) is 0.331. The lowest BCUT2D eigenvalue weighted by molar-refractivity contribution is 0.290. The van der Waals surface area contributed by atoms with E-state index in [9.17, 15) is 8.76 Å². The van der Waals surface area contributed by atoms with Crippen LogP contribution in [-0.4, -0.2) is 21.1 Å². The van der Waals surface area contributed by atoms with E-state index in [1.54, 1.807) is 0 Å². The standard InChI is InChI=1S/C11H24O3S2/c12-16(13)14-10-8-6-4-2-1-3-5-7-9-11-15/h15H,1-11H2,(H,12,13)/p-1. The fraction of sp³-hybridized carbons (Fsp3) is 1.00. The molecule has 1 atom stereocenters. The minimum atomic E-state index is -2.34. The van der Waals surface area contributed by atoms with Crippen LogP contribution in [0.2, 0.25) is 0 Å². The van der Waals surface area contributed by atoms with Gasteiger partial charge in [-0.15, -0.1) is 0 Å². The van der Waals surface area contributed by atoms with Crippen LogP contribution in [0, 0.1) is 0 Å². The molecule has 3 nitrogen and oxygen atoms in total. The molecule has 0 saturated heterocycles. The van der Waals surface area contributed by atoms with Crippen molar-refractivity contribution in [2.75, 3.05) is 12.4 Å². The van der Waals surface area contributed by atoms with Crippen molar-refractivity contribution in [1.82, 2.24) is 0 Å². The first-order chi connectivity index (χ1) is 7.77. The topological polar surface area (TPSA) is 49.4 Å². The summed E-state index contributed by atoms with van der Waals surface area (Å²) in [6, 6.07) is 0. The van der Waals surface area contributed by atoms with Gasteiger partial charge in [-0.1, -0.05) is 44.9 Å². The van der Waals surface area contributed by atoms with Crippen molar-refractivity contribution in [3.8, 4) is 0 Å². The van der Waals surface area contributed by atoms with E-state index < -0.39 is 11.4 Å². The van der Waals surface area contributed by atoms with Gasteiger partial charge in [-0.3, -0.25) is 0 Å². The SMILES string of the molecule is O=S([O-])OCCCCCCCCCCCS. The lowest BCUT2D eigenvalue weighted by Crippen LogP contribution is -1.97. The Balaban J connectivity index is 2.90. The molecule has 0 heterocycles. The van der Waals surface area contributed by atoms with Crippen LogP contribution in [0.5, 0.6) is 0 Å². The summed E-state index contributed by atoms with van der Waals surface area (Å²) >= 11 is 1.83. The van der Waals surface area contributed by atoms with Crippen molar-refractivity contribution < 1.29 is 12.9 Å². The predicted molar refractivity (Wildman–Crippen MR) is 70.3 cm³/mol. The van der Waals surface area contributed by atoms with E-state index >= 15 is 0 Å². The monoisotopic (exact) mass is 267 g/mol. The summed E-state index contributed by atoms with van der Waals surface area (Å²) in [6.07, 6.45) is 10.8. The molecule has 0 rings (SSSR count). The largest absolute Gasteiger partial charge is 0.750 e. The highest BCUT2D eigenvalue weighted by molar-refractivity contribution is 7.80. The fourth-order valence-electron chi connectivity index (χ4n) is 1.58. The van der Waals surface area contributed by atoms with E-state index in [1.807, 2.05) is 0 Å². The summed E-state index contributed by atoms with van der Waals surface area (Å²) in [5.74, 6) is 1.00. The maximum atomic E-state index is 10.0. The lowest BCUT2D eigenvalue weighted by atomic mass is 10.1. The maximum Gasteiger partial charge on any atom is 0.0842 e. The molecule has 16 heavy (non-hydrogen) atoms. The van der Waals surface area contributed by atoms with Gasteiger partial charge in [0.25, 0.3) is 0 Å². The molecule has 5 heteroatoms. The Bertz CT molecular complexity index is 165. The van der Waals surface area contributed by atoms with E-state index in [0.29, 0.717) is 6.61 Å². The Kier molecular flexibility index (Phi) is 13.8. The zero-order chi connectivity index (χ0) is 12.1. The smallest absolute Gasteiger partial charge is 0.0842 e. The molecule has 0 aromatic carbocycles. The number of unbranched alkanes of at least 4 members (excludes halogenated alkanes) is 8. The quantitative estimate of drug-likeness (QED) is 0.335. The Morgan fingerprint density at radius 3 is 1.75 bits per heavy atom. The molecule has 0 aliphatic heterocycles. The van der Waals surface area contributed by atoms with Crippen molar-refractivity contribution in [2.24, 2.45) is 0 Å². The van der Waals surface area contributed by atoms with Crippen LogP contribution in [0.25, 0.3) is 0 Å². The zero-order valence-corrected chi connectivity index (χ0v) is 11.6. The average molecular weight is 267 g/mol. The fourth-order valence-corrected chi connectivity index (χ4v) is 2.06. The van der Waals surface area contributed by atoms with Crippen molar-refractivity contribution >= 4 is 24.0 Å². The van der Waals surface area contributed by atoms with E-state index in [1.165, 1.54) is 44.9 Å². The van der Waals surface area contributed by atoms with Gasteiger partial charge in [0.2, 0.25) is 0 Å². The molecule has 1 unspecified atom stereocenters. The molecule has 0 radical (unpaired) electrons. The third-order valence-corrected chi connectivity index (χ3v) is 3.16. The van der Waals surface area contributed by atoms with Gasteiger partial charge in [0, 0.05) is 0 Å². The molecule has 0 aliphatic carbocycles. The van der Waals surface area contributed by atoms with Crippen LogP contribution in [-0.2, 0) is 15.5 Å². The number of rotatable bonds is 12. The van der Waals surface area contributed by atoms with E-state index in [0.717, 1.165) is 18.6 Å². The average Bonchev–Trinajstić information content (AvgIpc) is 2.25. The first kappa shape index (κ1) is 16.4. The highest BCUT2D eigenvalue weighted by Crippen LogP contribution is 2.09. The van der Waals surface area contributed by atoms with E-state index in [4.69, 9.17) is 0 Å². The van der Waals surface area contributed by atoms with Crippen LogP contribution in [0.4, 0.5) is 0 Å². The van der Waals surface area contributed by atoms with Gasteiger partial charge in [-0.05, 0) is 18.6 Å². The van der Waals surface area contributed by atoms with Crippen LogP contribution in [0.1, 0.15) is 57.8 Å². The van der Waals surface area contributed by atoms with Crippen LogP contribution in [0.3, 0.4) is 0 Å². The Morgan fingerprint density at radius 1 is 0.875 bits per heavy atom. The molecule has 0 amide bonds. The third-order valence-electron chi connectivity index (χ3n) is 2.48. The Morgan fingerprint density at radius 2 is 1.31 bits per heavy atom. The minimum Gasteiger partial charge on any atom is -0.750 e. The maximum absolute atomic E-state index is 10.0. The molecular weight excluding hydrogens is 244 g/mol. The zero-order valence-electron chi connectivity index (χ0n) is 9.86. The predicted octanol–water partition coefficient (Wildman–Crippen LogP) is 3.24. The minimum absolute atomic E-state index is 0.331. The van der Waals surface area contributed by atoms with Crippen molar-refractivity contribution in [2.45, 2.75) is 57.8 Å². The second-order valence-corrected chi connectivity index (χ2v) is 5.02. The first-order valence-corrected chi connectivity index (χ1v) is 7.74. The van der Waals surface area contributed by atoms with Crippen LogP contribution in [0.15, 0.2) is 0 Å². The molecule has 0 bridgehead atoms. The summed E-state index contributed by atoms with van der Waals surface area (Å²) in [5, 5.41) is 0. The molecule has 0 fully saturated rings. The third kappa shape index (κ3) is 14.4. The molecule has 0 aromatic rings. The Hall–Kier alpha value is 0.420. The van der Waals surface area contributed by atoms with E-state index in [2.05, 4.69) is 16.8 Å². The van der Waals surface area contributed by atoms with E-state index in [-0.39, 0.29) is 0 Å². The molecular formula is C11H23O3S2-. The number of thiol groups is 1. The van der Waals surface area contributed by atoms with Gasteiger partial charge in [0.1, 0.15) is 0 Å². The summed E-state index contributed by atoms with van der Waals surface area (Å²) in [7, 11) is 0. The van der Waals surface area contributed by atoms with Gasteiger partial charge in [0.15, 0.2) is 0 Å². The number of hydrogen-bond acceptors (Lipinski definition) is 4.